The smallest absolute Gasteiger partial charge is 0.276 e. The first kappa shape index (κ1) is 16.5. The van der Waals surface area contributed by atoms with E-state index in [0.717, 1.165) is 10.8 Å². The SMILES string of the molecule is COc1cc(C2N=c3ccccc3=C3C(=O)NC(SC)=NN32)ccc1O. The second-order valence-corrected chi connectivity index (χ2v) is 6.50. The number of benzene rings is 2. The summed E-state index contributed by atoms with van der Waals surface area (Å²) < 4.78 is 5.21. The van der Waals surface area contributed by atoms with Crippen LogP contribution in [-0.2, 0) is 4.79 Å². The quantitative estimate of drug-likeness (QED) is 0.823. The van der Waals surface area contributed by atoms with Crippen LogP contribution >= 0.6 is 11.8 Å². The van der Waals surface area contributed by atoms with E-state index in [2.05, 4.69) is 10.4 Å². The Morgan fingerprint density at radius 1 is 1.27 bits per heavy atom. The molecule has 4 rings (SSSR count). The number of hydrogen-bond acceptors (Lipinski definition) is 7. The van der Waals surface area contributed by atoms with Crippen molar-refractivity contribution in [3.63, 3.8) is 0 Å². The highest BCUT2D eigenvalue weighted by atomic mass is 32.2. The standard InChI is InChI=1S/C18H16N4O3S/c1-25-14-9-10(7-8-13(14)23)16-19-12-6-4-3-5-11(12)15-17(24)20-18(26-2)21-22(15)16/h3-9,16,23H,1-2H3,(H,20,21,24). The summed E-state index contributed by atoms with van der Waals surface area (Å²) >= 11 is 1.35. The lowest BCUT2D eigenvalue weighted by Crippen LogP contribution is -2.50. The monoisotopic (exact) mass is 368 g/mol. The molecule has 8 heteroatoms. The molecule has 132 valence electrons. The van der Waals surface area contributed by atoms with Gasteiger partial charge >= 0.3 is 0 Å². The largest absolute Gasteiger partial charge is 0.504 e. The highest BCUT2D eigenvalue weighted by molar-refractivity contribution is 8.13. The Labute approximate surface area is 153 Å². The van der Waals surface area contributed by atoms with E-state index in [-0.39, 0.29) is 11.7 Å². The van der Waals surface area contributed by atoms with Crippen LogP contribution in [0.3, 0.4) is 0 Å². The van der Waals surface area contributed by atoms with E-state index in [9.17, 15) is 9.90 Å². The lowest BCUT2D eigenvalue weighted by Gasteiger charge is -2.34. The molecule has 26 heavy (non-hydrogen) atoms. The van der Waals surface area contributed by atoms with Crippen LogP contribution in [0.4, 0.5) is 0 Å². The van der Waals surface area contributed by atoms with Crippen molar-refractivity contribution in [2.75, 3.05) is 13.4 Å². The normalized spacial score (nSPS) is 18.3. The first-order chi connectivity index (χ1) is 12.6. The summed E-state index contributed by atoms with van der Waals surface area (Å²) in [5.74, 6) is 0.164. The summed E-state index contributed by atoms with van der Waals surface area (Å²) in [6.07, 6.45) is 1.31. The Kier molecular flexibility index (Phi) is 4.04. The lowest BCUT2D eigenvalue weighted by molar-refractivity contribution is -0.116. The van der Waals surface area contributed by atoms with Crippen molar-refractivity contribution >= 4 is 28.5 Å². The summed E-state index contributed by atoms with van der Waals surface area (Å²) in [5.41, 5.74) is 1.20. The van der Waals surface area contributed by atoms with Crippen LogP contribution in [0.15, 0.2) is 52.6 Å². The first-order valence-corrected chi connectivity index (χ1v) is 9.12. The van der Waals surface area contributed by atoms with Gasteiger partial charge in [0.1, 0.15) is 5.70 Å². The number of ether oxygens (including phenoxy) is 1. The third kappa shape index (κ3) is 2.59. The number of carbonyl (C=O) groups excluding carboxylic acids is 1. The molecule has 0 bridgehead atoms. The number of phenolic OH excluding ortho intramolecular Hbond substituents is 1. The number of amides is 1. The molecule has 2 aliphatic rings. The van der Waals surface area contributed by atoms with E-state index in [1.165, 1.54) is 18.9 Å². The van der Waals surface area contributed by atoms with E-state index >= 15 is 0 Å². The molecule has 2 N–H and O–H groups in total. The Morgan fingerprint density at radius 3 is 2.85 bits per heavy atom. The molecule has 0 fully saturated rings. The predicted molar refractivity (Wildman–Crippen MR) is 99.0 cm³/mol. The Bertz CT molecular complexity index is 1050. The van der Waals surface area contributed by atoms with Crippen molar-refractivity contribution in [3.8, 4) is 11.5 Å². The predicted octanol–water partition coefficient (Wildman–Crippen LogP) is 0.907. The number of nitrogens with zero attached hydrogens (tertiary/aromatic N) is 3. The molecule has 1 atom stereocenters. The summed E-state index contributed by atoms with van der Waals surface area (Å²) in [4.78, 5) is 17.5. The van der Waals surface area contributed by atoms with Crippen LogP contribution < -0.4 is 20.6 Å². The number of nitrogens with one attached hydrogen (secondary N) is 1. The first-order valence-electron chi connectivity index (χ1n) is 7.89. The molecular formula is C18H16N4O3S. The summed E-state index contributed by atoms with van der Waals surface area (Å²) in [7, 11) is 1.49. The average Bonchev–Trinajstić information content (AvgIpc) is 2.67. The lowest BCUT2D eigenvalue weighted by atomic mass is 10.1. The third-order valence-corrected chi connectivity index (χ3v) is 4.78. The van der Waals surface area contributed by atoms with Gasteiger partial charge in [0, 0.05) is 10.8 Å². The molecule has 2 aromatic rings. The van der Waals surface area contributed by atoms with Crippen molar-refractivity contribution in [2.45, 2.75) is 6.17 Å². The van der Waals surface area contributed by atoms with Crippen LogP contribution in [0.5, 0.6) is 11.5 Å². The zero-order chi connectivity index (χ0) is 18.3. The van der Waals surface area contributed by atoms with E-state index in [1.807, 2.05) is 30.5 Å². The van der Waals surface area contributed by atoms with Gasteiger partial charge < -0.3 is 9.84 Å². The van der Waals surface area contributed by atoms with Gasteiger partial charge in [-0.1, -0.05) is 36.0 Å². The fourth-order valence-corrected chi connectivity index (χ4v) is 3.36. The number of hydrogen-bond donors (Lipinski definition) is 2. The number of carbonyl (C=O) groups is 1. The van der Waals surface area contributed by atoms with Crippen molar-refractivity contribution in [2.24, 2.45) is 10.1 Å². The number of amidine groups is 1. The molecule has 0 saturated heterocycles. The van der Waals surface area contributed by atoms with E-state index < -0.39 is 6.17 Å². The van der Waals surface area contributed by atoms with Crippen LogP contribution in [0.1, 0.15) is 11.7 Å². The average molecular weight is 368 g/mol. The second kappa shape index (κ2) is 6.38. The maximum Gasteiger partial charge on any atom is 0.276 e. The van der Waals surface area contributed by atoms with Gasteiger partial charge in [0.2, 0.25) is 0 Å². The minimum absolute atomic E-state index is 0.0429. The van der Waals surface area contributed by atoms with Gasteiger partial charge in [-0.15, -0.1) is 5.10 Å². The zero-order valence-electron chi connectivity index (χ0n) is 14.1. The Morgan fingerprint density at radius 2 is 2.08 bits per heavy atom. The molecule has 1 amide bonds. The molecule has 0 saturated carbocycles. The topological polar surface area (TPSA) is 86.5 Å². The minimum atomic E-state index is -0.539. The third-order valence-electron chi connectivity index (χ3n) is 4.21. The van der Waals surface area contributed by atoms with E-state index in [4.69, 9.17) is 9.73 Å². The highest BCUT2D eigenvalue weighted by Crippen LogP contribution is 2.35. The molecule has 2 heterocycles. The van der Waals surface area contributed by atoms with Crippen LogP contribution in [-0.4, -0.2) is 34.6 Å². The highest BCUT2D eigenvalue weighted by Gasteiger charge is 2.34. The number of methoxy groups -OCH3 is 1. The number of rotatable bonds is 2. The van der Waals surface area contributed by atoms with Crippen LogP contribution in [0.25, 0.3) is 5.70 Å². The van der Waals surface area contributed by atoms with Gasteiger partial charge in [-0.2, -0.15) is 0 Å². The number of para-hydroxylation sites is 1. The van der Waals surface area contributed by atoms with Gasteiger partial charge in [-0.05, 0) is 24.5 Å². The molecule has 7 nitrogen and oxygen atoms in total. The molecule has 0 aromatic heterocycles. The second-order valence-electron chi connectivity index (χ2n) is 5.71. The number of fused-ring (bicyclic) bond motifs is 2. The number of hydrazone groups is 1. The minimum Gasteiger partial charge on any atom is -0.504 e. The molecule has 2 aliphatic heterocycles. The van der Waals surface area contributed by atoms with Gasteiger partial charge in [-0.3, -0.25) is 15.1 Å². The molecule has 0 spiro atoms. The van der Waals surface area contributed by atoms with Crippen molar-refractivity contribution in [3.05, 3.63) is 58.6 Å². The molecule has 0 radical (unpaired) electrons. The maximum absolute atomic E-state index is 12.7. The van der Waals surface area contributed by atoms with Crippen LogP contribution in [0.2, 0.25) is 0 Å². The van der Waals surface area contributed by atoms with Gasteiger partial charge in [0.25, 0.3) is 5.91 Å². The van der Waals surface area contributed by atoms with Crippen molar-refractivity contribution < 1.29 is 14.6 Å². The summed E-state index contributed by atoms with van der Waals surface area (Å²) in [6, 6.07) is 12.5. The van der Waals surface area contributed by atoms with Gasteiger partial charge in [0.15, 0.2) is 22.8 Å². The summed E-state index contributed by atoms with van der Waals surface area (Å²) in [5, 5.41) is 20.8. The Balaban J connectivity index is 1.96. The van der Waals surface area contributed by atoms with Crippen molar-refractivity contribution in [1.82, 2.24) is 10.3 Å². The number of phenols is 1. The zero-order valence-corrected chi connectivity index (χ0v) is 14.9. The van der Waals surface area contributed by atoms with Gasteiger partial charge in [0.05, 0.1) is 12.5 Å². The van der Waals surface area contributed by atoms with Crippen LogP contribution in [0, 0.1) is 0 Å². The molecular weight excluding hydrogens is 352 g/mol. The van der Waals surface area contributed by atoms with E-state index in [1.54, 1.807) is 23.2 Å². The van der Waals surface area contributed by atoms with Gasteiger partial charge in [-0.25, -0.2) is 5.01 Å². The fraction of sp³-hybridized carbons (Fsp3) is 0.167. The van der Waals surface area contributed by atoms with Crippen molar-refractivity contribution in [1.29, 1.82) is 0 Å². The molecule has 2 aromatic carbocycles. The number of thioether (sulfide) groups is 1. The molecule has 0 aliphatic carbocycles. The van der Waals surface area contributed by atoms with E-state index in [0.29, 0.717) is 22.0 Å². The maximum atomic E-state index is 12.7. The summed E-state index contributed by atoms with van der Waals surface area (Å²) in [6.45, 7) is 0. The Hall–Kier alpha value is -3.00. The molecule has 1 unspecified atom stereocenters. The number of aromatic hydroxyl groups is 1. The fourth-order valence-electron chi connectivity index (χ4n) is 2.99.